The quantitative estimate of drug-likeness (QED) is 0.163. The Bertz CT molecular complexity index is 2710. The molecule has 10 rings (SSSR count). The molecule has 0 saturated carbocycles. The molecule has 2 heteroatoms. The van der Waals surface area contributed by atoms with Gasteiger partial charge in [-0.1, -0.05) is 147 Å². The van der Waals surface area contributed by atoms with Gasteiger partial charge in [-0.15, -0.1) is 0 Å². The van der Waals surface area contributed by atoms with Gasteiger partial charge in [0.2, 0.25) is 0 Å². The van der Waals surface area contributed by atoms with Crippen molar-refractivity contribution in [3.63, 3.8) is 0 Å². The molecule has 0 bridgehead atoms. The van der Waals surface area contributed by atoms with Crippen LogP contribution in [0.25, 0.3) is 43.8 Å². The van der Waals surface area contributed by atoms with Crippen LogP contribution < -0.4 is 9.80 Å². The Hall–Kier alpha value is -6.90. The molecule has 1 aliphatic carbocycles. The van der Waals surface area contributed by atoms with Gasteiger partial charge in [0.25, 0.3) is 0 Å². The zero-order chi connectivity index (χ0) is 36.9. The number of hydrogen-bond donors (Lipinski definition) is 0. The van der Waals surface area contributed by atoms with E-state index in [1.807, 2.05) is 0 Å². The molecule has 2 nitrogen and oxygen atoms in total. The molecule has 9 aromatic rings. The largest absolute Gasteiger partial charge is 0.310 e. The second-order valence-corrected chi connectivity index (χ2v) is 15.1. The molecule has 0 amide bonds. The molecular weight excluding hydrogens is 665 g/mol. The highest BCUT2D eigenvalue weighted by molar-refractivity contribution is 5.94. The second kappa shape index (κ2) is 13.2. The van der Waals surface area contributed by atoms with E-state index >= 15 is 0 Å². The highest BCUT2D eigenvalue weighted by Gasteiger charge is 2.35. The average Bonchev–Trinajstić information content (AvgIpc) is 3.47. The molecule has 0 unspecified atom stereocenters. The topological polar surface area (TPSA) is 6.48 Å². The molecule has 0 aromatic heterocycles. The summed E-state index contributed by atoms with van der Waals surface area (Å²) in [4.78, 5) is 4.80. The molecule has 1 aliphatic rings. The Morgan fingerprint density at radius 3 is 1.33 bits per heavy atom. The fourth-order valence-corrected chi connectivity index (χ4v) is 8.58. The number of rotatable bonds is 7. The van der Waals surface area contributed by atoms with Crippen molar-refractivity contribution in [3.05, 3.63) is 217 Å². The van der Waals surface area contributed by atoms with E-state index in [-0.39, 0.29) is 5.41 Å². The third kappa shape index (κ3) is 5.75. The van der Waals surface area contributed by atoms with E-state index in [9.17, 15) is 0 Å². The smallest absolute Gasteiger partial charge is 0.0488 e. The number of benzene rings is 9. The van der Waals surface area contributed by atoms with Crippen molar-refractivity contribution in [1.82, 2.24) is 0 Å². The Labute approximate surface area is 323 Å². The minimum absolute atomic E-state index is 0.106. The Balaban J connectivity index is 1.23. The molecule has 0 fully saturated rings. The van der Waals surface area contributed by atoms with Gasteiger partial charge in [-0.3, -0.25) is 0 Å². The van der Waals surface area contributed by atoms with Crippen molar-refractivity contribution in [2.45, 2.75) is 19.3 Å². The SMILES string of the molecule is CC1(C)c2ccccc2-c2ccc(-c3cc(N(c4ccccc4)c4ccc5ccccc5c4)cc(N(c4ccccc4)c4ccc5ccccc5c4)c3)cc21. The normalized spacial score (nSPS) is 12.7. The fraction of sp³-hybridized carbons (Fsp3) is 0.0566. The fourth-order valence-electron chi connectivity index (χ4n) is 8.58. The maximum absolute atomic E-state index is 2.43. The molecule has 0 heterocycles. The first-order valence-corrected chi connectivity index (χ1v) is 19.1. The maximum atomic E-state index is 2.43. The van der Waals surface area contributed by atoms with Crippen molar-refractivity contribution in [2.75, 3.05) is 9.80 Å². The second-order valence-electron chi connectivity index (χ2n) is 15.1. The van der Waals surface area contributed by atoms with Gasteiger partial charge in [0.05, 0.1) is 0 Å². The maximum Gasteiger partial charge on any atom is 0.0488 e. The van der Waals surface area contributed by atoms with Gasteiger partial charge in [-0.25, -0.2) is 0 Å². The number of fused-ring (bicyclic) bond motifs is 5. The lowest BCUT2D eigenvalue weighted by atomic mass is 9.81. The minimum Gasteiger partial charge on any atom is -0.310 e. The Morgan fingerprint density at radius 2 is 0.764 bits per heavy atom. The van der Waals surface area contributed by atoms with Crippen LogP contribution in [0.15, 0.2) is 206 Å². The summed E-state index contributed by atoms with van der Waals surface area (Å²) < 4.78 is 0. The van der Waals surface area contributed by atoms with Crippen LogP contribution in [-0.4, -0.2) is 0 Å². The summed E-state index contributed by atoms with van der Waals surface area (Å²) in [6.07, 6.45) is 0. The zero-order valence-electron chi connectivity index (χ0n) is 31.0. The molecular formula is C53H40N2. The van der Waals surface area contributed by atoms with E-state index < -0.39 is 0 Å². The average molecular weight is 705 g/mol. The van der Waals surface area contributed by atoms with Crippen molar-refractivity contribution in [1.29, 1.82) is 0 Å². The molecule has 262 valence electrons. The lowest BCUT2D eigenvalue weighted by molar-refractivity contribution is 0.660. The van der Waals surface area contributed by atoms with Gasteiger partial charge < -0.3 is 9.80 Å². The van der Waals surface area contributed by atoms with Gasteiger partial charge in [0, 0.05) is 39.5 Å². The summed E-state index contributed by atoms with van der Waals surface area (Å²) in [6.45, 7) is 4.72. The van der Waals surface area contributed by atoms with Crippen LogP contribution in [0.1, 0.15) is 25.0 Å². The minimum atomic E-state index is -0.106. The van der Waals surface area contributed by atoms with E-state index in [0.717, 1.165) is 39.7 Å². The first kappa shape index (κ1) is 32.7. The van der Waals surface area contributed by atoms with Crippen LogP contribution in [0.4, 0.5) is 34.1 Å². The number of para-hydroxylation sites is 2. The summed E-state index contributed by atoms with van der Waals surface area (Å²) in [7, 11) is 0. The molecule has 0 radical (unpaired) electrons. The van der Waals surface area contributed by atoms with Crippen LogP contribution in [0.5, 0.6) is 0 Å². The predicted molar refractivity (Wildman–Crippen MR) is 234 cm³/mol. The van der Waals surface area contributed by atoms with E-state index in [1.165, 1.54) is 49.4 Å². The lowest BCUT2D eigenvalue weighted by Gasteiger charge is -2.30. The number of hydrogen-bond acceptors (Lipinski definition) is 2. The van der Waals surface area contributed by atoms with Crippen LogP contribution in [0.3, 0.4) is 0 Å². The van der Waals surface area contributed by atoms with Crippen LogP contribution >= 0.6 is 0 Å². The molecule has 0 spiro atoms. The third-order valence-electron chi connectivity index (χ3n) is 11.3. The number of nitrogens with zero attached hydrogens (tertiary/aromatic N) is 2. The van der Waals surface area contributed by atoms with Crippen molar-refractivity contribution >= 4 is 55.7 Å². The zero-order valence-corrected chi connectivity index (χ0v) is 31.0. The molecule has 0 aliphatic heterocycles. The summed E-state index contributed by atoms with van der Waals surface area (Å²) in [5.41, 5.74) is 14.2. The molecule has 0 atom stereocenters. The van der Waals surface area contributed by atoms with Gasteiger partial charge in [-0.05, 0) is 128 Å². The first-order valence-electron chi connectivity index (χ1n) is 19.1. The Morgan fingerprint density at radius 1 is 0.291 bits per heavy atom. The van der Waals surface area contributed by atoms with E-state index in [4.69, 9.17) is 0 Å². The molecule has 0 N–H and O–H groups in total. The van der Waals surface area contributed by atoms with Gasteiger partial charge in [0.1, 0.15) is 0 Å². The van der Waals surface area contributed by atoms with E-state index in [2.05, 4.69) is 230 Å². The highest BCUT2D eigenvalue weighted by atomic mass is 15.2. The summed E-state index contributed by atoms with van der Waals surface area (Å²) in [5, 5.41) is 4.86. The van der Waals surface area contributed by atoms with E-state index in [1.54, 1.807) is 0 Å². The van der Waals surface area contributed by atoms with Gasteiger partial charge in [-0.2, -0.15) is 0 Å². The first-order chi connectivity index (χ1) is 27.0. The molecule has 0 saturated heterocycles. The molecule has 55 heavy (non-hydrogen) atoms. The monoisotopic (exact) mass is 704 g/mol. The summed E-state index contributed by atoms with van der Waals surface area (Å²) >= 11 is 0. The molecule has 9 aromatic carbocycles. The lowest BCUT2D eigenvalue weighted by Crippen LogP contribution is -2.15. The standard InChI is InChI=1S/C53H40N2/c1-53(2)51-24-14-13-23-49(51)50-30-27-41(35-52(50)53)42-33-47(54(43-19-5-3-6-20-43)45-28-25-37-15-9-11-17-39(37)31-45)36-48(34-42)55(44-21-7-4-8-22-44)46-29-26-38-16-10-12-18-40(38)32-46/h3-36H,1-2H3. The van der Waals surface area contributed by atoms with Crippen LogP contribution in [0.2, 0.25) is 0 Å². The van der Waals surface area contributed by atoms with Crippen molar-refractivity contribution < 1.29 is 0 Å². The summed E-state index contributed by atoms with van der Waals surface area (Å²) in [6, 6.07) is 75.3. The van der Waals surface area contributed by atoms with Crippen molar-refractivity contribution in [3.8, 4) is 22.3 Å². The van der Waals surface area contributed by atoms with E-state index in [0.29, 0.717) is 0 Å². The van der Waals surface area contributed by atoms with Gasteiger partial charge in [0.15, 0.2) is 0 Å². The van der Waals surface area contributed by atoms with Gasteiger partial charge >= 0.3 is 0 Å². The van der Waals surface area contributed by atoms with Crippen LogP contribution in [-0.2, 0) is 5.41 Å². The van der Waals surface area contributed by atoms with Crippen molar-refractivity contribution in [2.24, 2.45) is 0 Å². The number of anilines is 6. The third-order valence-corrected chi connectivity index (χ3v) is 11.3. The van der Waals surface area contributed by atoms with Crippen LogP contribution in [0, 0.1) is 0 Å². The highest BCUT2D eigenvalue weighted by Crippen LogP contribution is 2.50. The Kier molecular flexibility index (Phi) is 7.85. The summed E-state index contributed by atoms with van der Waals surface area (Å²) in [5.74, 6) is 0. The predicted octanol–water partition coefficient (Wildman–Crippen LogP) is 14.9.